The SMILES string of the molecule is CCOC(=O)c1csc(NC(=O)C(CCSC)N2C(=O)C3CCCCC3C2=O)n1. The van der Waals surface area contributed by atoms with Crippen LogP contribution in [-0.2, 0) is 19.1 Å². The van der Waals surface area contributed by atoms with E-state index in [4.69, 9.17) is 4.74 Å². The maximum absolute atomic E-state index is 13.0. The fourth-order valence-electron chi connectivity index (χ4n) is 3.92. The molecule has 1 aromatic heterocycles. The fourth-order valence-corrected chi connectivity index (χ4v) is 5.06. The van der Waals surface area contributed by atoms with Crippen molar-refractivity contribution in [1.82, 2.24) is 9.88 Å². The Balaban J connectivity index is 1.76. The Morgan fingerprint density at radius 2 is 1.97 bits per heavy atom. The van der Waals surface area contributed by atoms with Crippen LogP contribution < -0.4 is 5.32 Å². The quantitative estimate of drug-likeness (QED) is 0.490. The van der Waals surface area contributed by atoms with Gasteiger partial charge in [0.15, 0.2) is 10.8 Å². The molecule has 3 rings (SSSR count). The van der Waals surface area contributed by atoms with Crippen LogP contribution in [0.5, 0.6) is 0 Å². The number of hydrogen-bond donors (Lipinski definition) is 1. The third-order valence-corrected chi connectivity index (χ3v) is 6.71. The van der Waals surface area contributed by atoms with Gasteiger partial charge in [0.2, 0.25) is 17.7 Å². The lowest BCUT2D eigenvalue weighted by Gasteiger charge is -2.25. The summed E-state index contributed by atoms with van der Waals surface area (Å²) < 4.78 is 4.90. The molecule has 3 atom stereocenters. The van der Waals surface area contributed by atoms with Crippen LogP contribution in [0.3, 0.4) is 0 Å². The molecule has 1 N–H and O–H groups in total. The van der Waals surface area contributed by atoms with Gasteiger partial charge >= 0.3 is 5.97 Å². The molecule has 1 saturated heterocycles. The minimum Gasteiger partial charge on any atom is -0.461 e. The number of hydrogen-bond acceptors (Lipinski definition) is 8. The van der Waals surface area contributed by atoms with Crippen molar-refractivity contribution in [3.05, 3.63) is 11.1 Å². The molecular weight excluding hydrogens is 414 g/mol. The number of ether oxygens (including phenoxy) is 1. The highest BCUT2D eigenvalue weighted by atomic mass is 32.2. The largest absolute Gasteiger partial charge is 0.461 e. The van der Waals surface area contributed by atoms with Gasteiger partial charge in [-0.05, 0) is 38.2 Å². The Bertz CT molecular complexity index is 773. The lowest BCUT2D eigenvalue weighted by Crippen LogP contribution is -2.48. The number of rotatable bonds is 8. The van der Waals surface area contributed by atoms with Crippen LogP contribution in [-0.4, -0.2) is 58.2 Å². The molecule has 1 saturated carbocycles. The number of anilines is 1. The van der Waals surface area contributed by atoms with Crippen LogP contribution in [0, 0.1) is 11.8 Å². The number of carbonyl (C=O) groups is 4. The van der Waals surface area contributed by atoms with Gasteiger partial charge in [-0.2, -0.15) is 11.8 Å². The number of nitrogens with one attached hydrogen (secondary N) is 1. The Hall–Kier alpha value is -1.94. The van der Waals surface area contributed by atoms with Gasteiger partial charge in [-0.1, -0.05) is 12.8 Å². The molecule has 0 radical (unpaired) electrons. The van der Waals surface area contributed by atoms with Crippen molar-refractivity contribution in [2.75, 3.05) is 23.9 Å². The monoisotopic (exact) mass is 439 g/mol. The molecular formula is C19H25N3O5S2. The molecule has 2 fully saturated rings. The zero-order valence-corrected chi connectivity index (χ0v) is 18.1. The number of imide groups is 1. The average molecular weight is 440 g/mol. The van der Waals surface area contributed by atoms with Crippen LogP contribution in [0.4, 0.5) is 5.13 Å². The summed E-state index contributed by atoms with van der Waals surface area (Å²) in [6, 6.07) is -0.872. The summed E-state index contributed by atoms with van der Waals surface area (Å²) in [4.78, 5) is 55.9. The number of thiazole rings is 1. The lowest BCUT2D eigenvalue weighted by atomic mass is 9.81. The van der Waals surface area contributed by atoms with E-state index in [2.05, 4.69) is 10.3 Å². The summed E-state index contributed by atoms with van der Waals surface area (Å²) in [5.41, 5.74) is 0.118. The van der Waals surface area contributed by atoms with E-state index in [1.807, 2.05) is 6.26 Å². The molecule has 3 amide bonds. The van der Waals surface area contributed by atoms with Crippen molar-refractivity contribution in [2.24, 2.45) is 11.8 Å². The van der Waals surface area contributed by atoms with Gasteiger partial charge in [-0.15, -0.1) is 11.3 Å². The Labute approximate surface area is 177 Å². The molecule has 0 spiro atoms. The summed E-state index contributed by atoms with van der Waals surface area (Å²) in [5.74, 6) is -1.43. The second-order valence-corrected chi connectivity index (χ2v) is 8.93. The molecule has 0 bridgehead atoms. The first-order valence-corrected chi connectivity index (χ1v) is 12.0. The van der Waals surface area contributed by atoms with Crippen LogP contribution in [0.1, 0.15) is 49.5 Å². The van der Waals surface area contributed by atoms with Gasteiger partial charge in [-0.3, -0.25) is 19.3 Å². The highest BCUT2D eigenvalue weighted by Gasteiger charge is 2.51. The zero-order valence-electron chi connectivity index (χ0n) is 16.5. The first-order chi connectivity index (χ1) is 14.0. The number of thioether (sulfide) groups is 1. The molecule has 158 valence electrons. The lowest BCUT2D eigenvalue weighted by molar-refractivity contribution is -0.146. The maximum Gasteiger partial charge on any atom is 0.357 e. The van der Waals surface area contributed by atoms with Crippen molar-refractivity contribution >= 4 is 51.9 Å². The van der Waals surface area contributed by atoms with Crippen LogP contribution in [0.2, 0.25) is 0 Å². The van der Waals surface area contributed by atoms with Crippen LogP contribution >= 0.6 is 23.1 Å². The Morgan fingerprint density at radius 1 is 1.31 bits per heavy atom. The third kappa shape index (κ3) is 4.63. The fraction of sp³-hybridized carbons (Fsp3) is 0.632. The van der Waals surface area contributed by atoms with E-state index < -0.39 is 17.9 Å². The summed E-state index contributed by atoms with van der Waals surface area (Å²) >= 11 is 2.65. The number of esters is 1. The van der Waals surface area contributed by atoms with Gasteiger partial charge in [-0.25, -0.2) is 9.78 Å². The number of carbonyl (C=O) groups excluding carboxylic acids is 4. The number of amides is 3. The number of likely N-dealkylation sites (tertiary alicyclic amines) is 1. The molecule has 10 heteroatoms. The summed E-state index contributed by atoms with van der Waals surface area (Å²) in [6.45, 7) is 1.93. The molecule has 1 aliphatic carbocycles. The predicted octanol–water partition coefficient (Wildman–Crippen LogP) is 2.56. The average Bonchev–Trinajstić information content (AvgIpc) is 3.27. The maximum atomic E-state index is 13.0. The van der Waals surface area contributed by atoms with Crippen LogP contribution in [0.15, 0.2) is 5.38 Å². The van der Waals surface area contributed by atoms with E-state index in [0.717, 1.165) is 24.2 Å². The normalized spacial score (nSPS) is 22.3. The molecule has 1 aromatic rings. The predicted molar refractivity (Wildman–Crippen MR) is 111 cm³/mol. The van der Waals surface area contributed by atoms with E-state index >= 15 is 0 Å². The first-order valence-electron chi connectivity index (χ1n) is 9.77. The number of fused-ring (bicyclic) bond motifs is 1. The van der Waals surface area contributed by atoms with Gasteiger partial charge in [0.05, 0.1) is 18.4 Å². The standard InChI is InChI=1S/C19H25N3O5S2/c1-3-27-18(26)13-10-29-19(20-13)21-15(23)14(8-9-28-2)22-16(24)11-6-4-5-7-12(11)17(22)25/h10-12,14H,3-9H2,1-2H3,(H,20,21,23). The smallest absolute Gasteiger partial charge is 0.357 e. The van der Waals surface area contributed by atoms with E-state index in [-0.39, 0.29) is 41.1 Å². The molecule has 1 aliphatic heterocycles. The Kier molecular flexibility index (Phi) is 7.28. The van der Waals surface area contributed by atoms with E-state index in [1.165, 1.54) is 10.3 Å². The van der Waals surface area contributed by atoms with Crippen molar-refractivity contribution in [1.29, 1.82) is 0 Å². The topological polar surface area (TPSA) is 106 Å². The van der Waals surface area contributed by atoms with Gasteiger partial charge in [0.1, 0.15) is 6.04 Å². The first kappa shape index (κ1) is 21.8. The zero-order chi connectivity index (χ0) is 21.0. The Morgan fingerprint density at radius 3 is 2.55 bits per heavy atom. The molecule has 29 heavy (non-hydrogen) atoms. The molecule has 0 aromatic carbocycles. The van der Waals surface area contributed by atoms with Crippen LogP contribution in [0.25, 0.3) is 0 Å². The van der Waals surface area contributed by atoms with Crippen molar-refractivity contribution in [3.63, 3.8) is 0 Å². The van der Waals surface area contributed by atoms with Crippen molar-refractivity contribution in [3.8, 4) is 0 Å². The summed E-state index contributed by atoms with van der Waals surface area (Å²) in [7, 11) is 0. The third-order valence-electron chi connectivity index (χ3n) is 5.30. The number of aromatic nitrogens is 1. The summed E-state index contributed by atoms with van der Waals surface area (Å²) in [6.07, 6.45) is 5.57. The highest BCUT2D eigenvalue weighted by Crippen LogP contribution is 2.39. The van der Waals surface area contributed by atoms with Gasteiger partial charge in [0, 0.05) is 5.38 Å². The van der Waals surface area contributed by atoms with Gasteiger partial charge < -0.3 is 10.1 Å². The molecule has 8 nitrogen and oxygen atoms in total. The van der Waals surface area contributed by atoms with Gasteiger partial charge in [0.25, 0.3) is 0 Å². The minimum absolute atomic E-state index is 0.118. The minimum atomic E-state index is -0.872. The molecule has 3 unspecified atom stereocenters. The van der Waals surface area contributed by atoms with E-state index in [9.17, 15) is 19.2 Å². The van der Waals surface area contributed by atoms with E-state index in [0.29, 0.717) is 25.0 Å². The number of nitrogens with zero attached hydrogens (tertiary/aromatic N) is 2. The van der Waals surface area contributed by atoms with Crippen molar-refractivity contribution < 1.29 is 23.9 Å². The van der Waals surface area contributed by atoms with E-state index in [1.54, 1.807) is 18.7 Å². The van der Waals surface area contributed by atoms with Crippen molar-refractivity contribution in [2.45, 2.75) is 45.1 Å². The molecule has 2 heterocycles. The summed E-state index contributed by atoms with van der Waals surface area (Å²) in [5, 5.41) is 4.42. The second kappa shape index (κ2) is 9.71. The molecule has 2 aliphatic rings. The second-order valence-electron chi connectivity index (χ2n) is 7.09. The highest BCUT2D eigenvalue weighted by molar-refractivity contribution is 7.98.